The standard InChI is InChI=1S/C32H36O2.C4H9F.ClH/c1-5-23(6-2)19-24-11-13-25(14-12-24)31-29-17-15-27(32(33)34)20-26(29)8-7-9-30(31)28-16-10-21(3)18-22(28)4;1-2-3-4-5;/h10-18,20,23H,5-9,19H2,1-4H3,(H,33,34);2-4H2,1H3;1H. The number of carbonyl (C=O) groups is 1. The molecule has 0 aromatic heterocycles. The third-order valence-electron chi connectivity index (χ3n) is 7.91. The van der Waals surface area contributed by atoms with Crippen LogP contribution < -0.4 is 0 Å². The molecule has 4 rings (SSSR count). The van der Waals surface area contributed by atoms with E-state index in [9.17, 15) is 14.3 Å². The highest BCUT2D eigenvalue weighted by molar-refractivity contribution is 6.01. The lowest BCUT2D eigenvalue weighted by Gasteiger charge is -2.19. The molecule has 1 aliphatic carbocycles. The van der Waals surface area contributed by atoms with Crippen LogP contribution in [-0.4, -0.2) is 17.8 Å². The van der Waals surface area contributed by atoms with Gasteiger partial charge in [0.1, 0.15) is 0 Å². The number of hydrogen-bond donors (Lipinski definition) is 1. The van der Waals surface area contributed by atoms with Crippen LogP contribution in [0.2, 0.25) is 0 Å². The van der Waals surface area contributed by atoms with Crippen molar-refractivity contribution in [1.82, 2.24) is 0 Å². The van der Waals surface area contributed by atoms with Crippen LogP contribution in [0.1, 0.15) is 109 Å². The van der Waals surface area contributed by atoms with Gasteiger partial charge in [-0.25, -0.2) is 4.79 Å². The lowest BCUT2D eigenvalue weighted by Crippen LogP contribution is -2.03. The first kappa shape index (κ1) is 33.3. The van der Waals surface area contributed by atoms with Gasteiger partial charge in [-0.2, -0.15) is 0 Å². The van der Waals surface area contributed by atoms with Gasteiger partial charge in [0.25, 0.3) is 0 Å². The molecule has 0 saturated carbocycles. The highest BCUT2D eigenvalue weighted by Gasteiger charge is 2.22. The quantitative estimate of drug-likeness (QED) is 0.280. The lowest BCUT2D eigenvalue weighted by atomic mass is 9.85. The Kier molecular flexibility index (Phi) is 13.6. The number of alkyl halides is 1. The van der Waals surface area contributed by atoms with E-state index in [2.05, 4.69) is 70.2 Å². The average molecular weight is 565 g/mol. The highest BCUT2D eigenvalue weighted by atomic mass is 35.5. The number of carboxylic acids is 1. The topological polar surface area (TPSA) is 37.3 Å². The Morgan fingerprint density at radius 1 is 0.900 bits per heavy atom. The molecular formula is C36H46ClFO2. The fraction of sp³-hybridized carbons (Fsp3) is 0.417. The first-order chi connectivity index (χ1) is 18.8. The number of rotatable bonds is 9. The summed E-state index contributed by atoms with van der Waals surface area (Å²) in [5, 5.41) is 9.56. The summed E-state index contributed by atoms with van der Waals surface area (Å²) in [7, 11) is 0. The number of halogens is 2. The number of unbranched alkanes of at least 4 members (excludes halogenated alkanes) is 1. The number of aromatic carboxylic acids is 1. The van der Waals surface area contributed by atoms with Gasteiger partial charge in [0.05, 0.1) is 12.2 Å². The third-order valence-corrected chi connectivity index (χ3v) is 7.91. The molecule has 0 aliphatic heterocycles. The second-order valence-corrected chi connectivity index (χ2v) is 10.8. The van der Waals surface area contributed by atoms with Gasteiger partial charge >= 0.3 is 5.97 Å². The molecule has 0 unspecified atom stereocenters. The summed E-state index contributed by atoms with van der Waals surface area (Å²) in [4.78, 5) is 11.6. The van der Waals surface area contributed by atoms with E-state index >= 15 is 0 Å². The number of fused-ring (bicyclic) bond motifs is 1. The van der Waals surface area contributed by atoms with Crippen molar-refractivity contribution in [2.45, 2.75) is 86.0 Å². The molecule has 3 aromatic rings. The number of benzene rings is 3. The summed E-state index contributed by atoms with van der Waals surface area (Å²) >= 11 is 0. The predicted molar refractivity (Wildman–Crippen MR) is 171 cm³/mol. The van der Waals surface area contributed by atoms with Gasteiger partial charge in [0, 0.05) is 0 Å². The zero-order valence-electron chi connectivity index (χ0n) is 24.9. The Morgan fingerprint density at radius 2 is 1.57 bits per heavy atom. The van der Waals surface area contributed by atoms with E-state index in [0.717, 1.165) is 50.0 Å². The van der Waals surface area contributed by atoms with Gasteiger partial charge in [-0.05, 0) is 109 Å². The maximum absolute atomic E-state index is 11.6. The minimum absolute atomic E-state index is 0. The highest BCUT2D eigenvalue weighted by Crippen LogP contribution is 2.41. The molecule has 1 aliphatic rings. The van der Waals surface area contributed by atoms with E-state index in [-0.39, 0.29) is 19.1 Å². The van der Waals surface area contributed by atoms with E-state index in [1.165, 1.54) is 57.4 Å². The largest absolute Gasteiger partial charge is 0.478 e. The average Bonchev–Trinajstić information content (AvgIpc) is 3.12. The van der Waals surface area contributed by atoms with Crippen molar-refractivity contribution < 1.29 is 14.3 Å². The van der Waals surface area contributed by atoms with E-state index in [1.807, 2.05) is 19.1 Å². The molecule has 0 amide bonds. The van der Waals surface area contributed by atoms with Gasteiger partial charge in [-0.3, -0.25) is 4.39 Å². The van der Waals surface area contributed by atoms with Gasteiger partial charge in [-0.15, -0.1) is 12.4 Å². The molecule has 0 bridgehead atoms. The Hall–Kier alpha value is -2.91. The molecule has 1 N–H and O–H groups in total. The molecule has 2 nitrogen and oxygen atoms in total. The summed E-state index contributed by atoms with van der Waals surface area (Å²) < 4.78 is 11.0. The molecule has 3 aromatic carbocycles. The summed E-state index contributed by atoms with van der Waals surface area (Å²) in [6.45, 7) is 10.7. The Balaban J connectivity index is 0.000000858. The zero-order valence-corrected chi connectivity index (χ0v) is 25.7. The molecule has 40 heavy (non-hydrogen) atoms. The summed E-state index contributed by atoms with van der Waals surface area (Å²) in [6.07, 6.45) is 8.10. The molecule has 216 valence electrons. The smallest absolute Gasteiger partial charge is 0.335 e. The molecule has 0 saturated heterocycles. The molecule has 0 fully saturated rings. The monoisotopic (exact) mass is 564 g/mol. The minimum atomic E-state index is -0.863. The van der Waals surface area contributed by atoms with Crippen LogP contribution in [0, 0.1) is 19.8 Å². The van der Waals surface area contributed by atoms with E-state index in [4.69, 9.17) is 0 Å². The predicted octanol–water partition coefficient (Wildman–Crippen LogP) is 10.5. The number of allylic oxidation sites excluding steroid dienone is 1. The molecule has 0 radical (unpaired) electrons. The normalized spacial score (nSPS) is 12.7. The number of aryl methyl sites for hydroxylation is 3. The zero-order chi connectivity index (χ0) is 28.4. The first-order valence-corrected chi connectivity index (χ1v) is 14.6. The fourth-order valence-corrected chi connectivity index (χ4v) is 5.52. The number of hydrogen-bond acceptors (Lipinski definition) is 1. The molecule has 0 spiro atoms. The van der Waals surface area contributed by atoms with Gasteiger partial charge < -0.3 is 5.11 Å². The summed E-state index contributed by atoms with van der Waals surface area (Å²) in [5.74, 6) is -0.137. The van der Waals surface area contributed by atoms with E-state index in [1.54, 1.807) is 6.07 Å². The van der Waals surface area contributed by atoms with Crippen molar-refractivity contribution in [3.63, 3.8) is 0 Å². The van der Waals surface area contributed by atoms with Crippen LogP contribution >= 0.6 is 12.4 Å². The maximum Gasteiger partial charge on any atom is 0.335 e. The van der Waals surface area contributed by atoms with Crippen molar-refractivity contribution in [1.29, 1.82) is 0 Å². The van der Waals surface area contributed by atoms with Crippen molar-refractivity contribution in [3.05, 3.63) is 105 Å². The van der Waals surface area contributed by atoms with Crippen molar-refractivity contribution in [3.8, 4) is 0 Å². The molecule has 0 atom stereocenters. The van der Waals surface area contributed by atoms with Crippen LogP contribution in [0.4, 0.5) is 4.39 Å². The Morgan fingerprint density at radius 3 is 2.12 bits per heavy atom. The van der Waals surface area contributed by atoms with E-state index in [0.29, 0.717) is 5.56 Å². The van der Waals surface area contributed by atoms with Crippen LogP contribution in [0.25, 0.3) is 11.1 Å². The van der Waals surface area contributed by atoms with Crippen LogP contribution in [0.3, 0.4) is 0 Å². The lowest BCUT2D eigenvalue weighted by molar-refractivity contribution is 0.0696. The van der Waals surface area contributed by atoms with Crippen LogP contribution in [0.5, 0.6) is 0 Å². The molecular weight excluding hydrogens is 519 g/mol. The Labute approximate surface area is 247 Å². The van der Waals surface area contributed by atoms with Crippen molar-refractivity contribution >= 4 is 29.5 Å². The van der Waals surface area contributed by atoms with Crippen molar-refractivity contribution in [2.75, 3.05) is 6.67 Å². The third kappa shape index (κ3) is 8.54. The SMILES string of the molecule is CCC(CC)Cc1ccc(C2=C(c3ccc(C)cc3C)CCCc3cc(C(=O)O)ccc32)cc1.CCCCF.Cl. The fourth-order valence-electron chi connectivity index (χ4n) is 5.52. The number of carboxylic acid groups (broad SMARTS) is 1. The molecule has 0 heterocycles. The second-order valence-electron chi connectivity index (χ2n) is 10.8. The van der Waals surface area contributed by atoms with Gasteiger partial charge in [-0.1, -0.05) is 94.1 Å². The summed E-state index contributed by atoms with van der Waals surface area (Å²) in [6, 6.07) is 21.5. The molecule has 4 heteroatoms. The van der Waals surface area contributed by atoms with Gasteiger partial charge in [0.15, 0.2) is 0 Å². The Bertz CT molecular complexity index is 1270. The van der Waals surface area contributed by atoms with Crippen LogP contribution in [0.15, 0.2) is 60.7 Å². The van der Waals surface area contributed by atoms with Crippen LogP contribution in [-0.2, 0) is 12.8 Å². The minimum Gasteiger partial charge on any atom is -0.478 e. The maximum atomic E-state index is 11.6. The van der Waals surface area contributed by atoms with Crippen molar-refractivity contribution in [2.24, 2.45) is 5.92 Å². The second kappa shape index (κ2) is 16.4. The first-order valence-electron chi connectivity index (χ1n) is 14.6. The summed E-state index contributed by atoms with van der Waals surface area (Å²) in [5.41, 5.74) is 11.8. The van der Waals surface area contributed by atoms with E-state index < -0.39 is 5.97 Å². The van der Waals surface area contributed by atoms with Gasteiger partial charge in [0.2, 0.25) is 0 Å².